The van der Waals surface area contributed by atoms with Crippen LogP contribution >= 0.6 is 0 Å². The van der Waals surface area contributed by atoms with Gasteiger partial charge < -0.3 is 10.6 Å². The van der Waals surface area contributed by atoms with Crippen LogP contribution in [0.25, 0.3) is 0 Å². The average molecular weight is 206 g/mol. The van der Waals surface area contributed by atoms with E-state index >= 15 is 0 Å². The lowest BCUT2D eigenvalue weighted by atomic mass is 10.1. The van der Waals surface area contributed by atoms with E-state index in [2.05, 4.69) is 20.8 Å². The molecule has 1 fully saturated rings. The average Bonchev–Trinajstić information content (AvgIpc) is 2.30. The van der Waals surface area contributed by atoms with Crippen molar-refractivity contribution >= 4 is 5.82 Å². The Morgan fingerprint density at radius 3 is 3.00 bits per heavy atom. The maximum absolute atomic E-state index is 4.07. The Morgan fingerprint density at radius 2 is 2.33 bits per heavy atom. The first-order valence-corrected chi connectivity index (χ1v) is 5.62. The molecule has 2 rings (SSSR count). The van der Waals surface area contributed by atoms with Gasteiger partial charge in [0.05, 0.1) is 5.69 Å². The zero-order valence-electron chi connectivity index (χ0n) is 9.16. The van der Waals surface area contributed by atoms with Gasteiger partial charge in [0, 0.05) is 12.6 Å². The fourth-order valence-electron chi connectivity index (χ4n) is 1.82. The number of anilines is 1. The van der Waals surface area contributed by atoms with Gasteiger partial charge in [-0.25, -0.2) is 0 Å². The molecule has 1 aromatic heterocycles. The molecule has 1 aliphatic heterocycles. The largest absolute Gasteiger partial charge is 0.367 e. The first-order valence-electron chi connectivity index (χ1n) is 5.62. The number of nitrogens with zero attached hydrogens (tertiary/aromatic N) is 2. The summed E-state index contributed by atoms with van der Waals surface area (Å²) in [5.41, 5.74) is 0.955. The van der Waals surface area contributed by atoms with Crippen LogP contribution in [0.5, 0.6) is 0 Å². The molecule has 1 saturated heterocycles. The summed E-state index contributed by atoms with van der Waals surface area (Å²) in [6.07, 6.45) is 3.89. The second-order valence-electron chi connectivity index (χ2n) is 4.09. The standard InChI is InChI=1S/C11H18N4/c1-9-5-6-11(15-14-9)13-8-10-4-2-3-7-12-10/h5-6,10,12H,2-4,7-8H2,1H3,(H,13,15). The summed E-state index contributed by atoms with van der Waals surface area (Å²) in [4.78, 5) is 0. The summed E-state index contributed by atoms with van der Waals surface area (Å²) in [6, 6.07) is 4.54. The minimum Gasteiger partial charge on any atom is -0.367 e. The summed E-state index contributed by atoms with van der Waals surface area (Å²) in [5.74, 6) is 0.868. The van der Waals surface area contributed by atoms with Crippen LogP contribution in [0.1, 0.15) is 25.0 Å². The molecule has 4 nitrogen and oxygen atoms in total. The molecule has 0 bridgehead atoms. The van der Waals surface area contributed by atoms with Crippen LogP contribution in [0.4, 0.5) is 5.82 Å². The second-order valence-corrected chi connectivity index (χ2v) is 4.09. The van der Waals surface area contributed by atoms with Gasteiger partial charge in [0.1, 0.15) is 5.82 Å². The highest BCUT2D eigenvalue weighted by molar-refractivity contribution is 5.32. The zero-order valence-corrected chi connectivity index (χ0v) is 9.16. The smallest absolute Gasteiger partial charge is 0.148 e. The van der Waals surface area contributed by atoms with Crippen molar-refractivity contribution in [1.29, 1.82) is 0 Å². The van der Waals surface area contributed by atoms with Crippen molar-refractivity contribution in [2.75, 3.05) is 18.4 Å². The van der Waals surface area contributed by atoms with Crippen molar-refractivity contribution in [2.45, 2.75) is 32.2 Å². The Balaban J connectivity index is 1.79. The van der Waals surface area contributed by atoms with Crippen molar-refractivity contribution in [3.8, 4) is 0 Å². The zero-order chi connectivity index (χ0) is 10.5. The van der Waals surface area contributed by atoms with Gasteiger partial charge in [-0.05, 0) is 38.4 Å². The molecule has 0 spiro atoms. The van der Waals surface area contributed by atoms with Crippen molar-refractivity contribution in [3.05, 3.63) is 17.8 Å². The van der Waals surface area contributed by atoms with Crippen molar-refractivity contribution < 1.29 is 0 Å². The number of hydrogen-bond donors (Lipinski definition) is 2. The first-order chi connectivity index (χ1) is 7.34. The first kappa shape index (κ1) is 10.4. The molecule has 1 unspecified atom stereocenters. The molecule has 0 aliphatic carbocycles. The summed E-state index contributed by atoms with van der Waals surface area (Å²) < 4.78 is 0. The summed E-state index contributed by atoms with van der Waals surface area (Å²) in [5, 5.41) is 14.9. The second kappa shape index (κ2) is 5.07. The number of hydrogen-bond acceptors (Lipinski definition) is 4. The van der Waals surface area contributed by atoms with Crippen molar-refractivity contribution in [1.82, 2.24) is 15.5 Å². The van der Waals surface area contributed by atoms with Crippen LogP contribution in [-0.4, -0.2) is 29.3 Å². The molecule has 1 atom stereocenters. The van der Waals surface area contributed by atoms with Crippen molar-refractivity contribution in [3.63, 3.8) is 0 Å². The van der Waals surface area contributed by atoms with E-state index < -0.39 is 0 Å². The molecule has 0 amide bonds. The van der Waals surface area contributed by atoms with Gasteiger partial charge in [-0.15, -0.1) is 5.10 Å². The van der Waals surface area contributed by atoms with E-state index in [1.165, 1.54) is 19.3 Å². The highest BCUT2D eigenvalue weighted by Gasteiger charge is 2.11. The van der Waals surface area contributed by atoms with E-state index in [9.17, 15) is 0 Å². The molecule has 1 aromatic rings. The van der Waals surface area contributed by atoms with Gasteiger partial charge in [0.2, 0.25) is 0 Å². The number of rotatable bonds is 3. The Kier molecular flexibility index (Phi) is 3.50. The van der Waals surface area contributed by atoms with Crippen LogP contribution < -0.4 is 10.6 Å². The monoisotopic (exact) mass is 206 g/mol. The Morgan fingerprint density at radius 1 is 1.40 bits per heavy atom. The van der Waals surface area contributed by atoms with E-state index in [0.29, 0.717) is 6.04 Å². The number of piperidine rings is 1. The van der Waals surface area contributed by atoms with E-state index in [-0.39, 0.29) is 0 Å². The Hall–Kier alpha value is -1.16. The third-order valence-corrected chi connectivity index (χ3v) is 2.74. The molecular formula is C11H18N4. The third-order valence-electron chi connectivity index (χ3n) is 2.74. The van der Waals surface area contributed by atoms with Gasteiger partial charge in [0.15, 0.2) is 0 Å². The molecule has 2 N–H and O–H groups in total. The maximum Gasteiger partial charge on any atom is 0.148 e. The van der Waals surface area contributed by atoms with Gasteiger partial charge >= 0.3 is 0 Å². The van der Waals surface area contributed by atoms with Gasteiger partial charge in [0.25, 0.3) is 0 Å². The third kappa shape index (κ3) is 3.16. The molecule has 82 valence electrons. The van der Waals surface area contributed by atoms with Crippen LogP contribution in [0.2, 0.25) is 0 Å². The van der Waals surface area contributed by atoms with Gasteiger partial charge in [-0.1, -0.05) is 6.42 Å². The predicted octanol–water partition coefficient (Wildman–Crippen LogP) is 1.34. The van der Waals surface area contributed by atoms with Crippen LogP contribution in [0.3, 0.4) is 0 Å². The lowest BCUT2D eigenvalue weighted by molar-refractivity contribution is 0.414. The predicted molar refractivity (Wildman–Crippen MR) is 60.9 cm³/mol. The number of aryl methyl sites for hydroxylation is 1. The van der Waals surface area contributed by atoms with E-state index in [1.807, 2.05) is 19.1 Å². The van der Waals surface area contributed by atoms with Crippen LogP contribution in [0, 0.1) is 6.92 Å². The van der Waals surface area contributed by atoms with E-state index in [4.69, 9.17) is 0 Å². The van der Waals surface area contributed by atoms with Crippen LogP contribution in [-0.2, 0) is 0 Å². The van der Waals surface area contributed by atoms with Gasteiger partial charge in [-0.3, -0.25) is 0 Å². The normalized spacial score (nSPS) is 21.3. The lowest BCUT2D eigenvalue weighted by Crippen LogP contribution is -2.39. The molecule has 2 heterocycles. The molecular weight excluding hydrogens is 188 g/mol. The minimum atomic E-state index is 0.585. The SMILES string of the molecule is Cc1ccc(NCC2CCCCN2)nn1. The number of aromatic nitrogens is 2. The van der Waals surface area contributed by atoms with E-state index in [1.54, 1.807) is 0 Å². The highest BCUT2D eigenvalue weighted by atomic mass is 15.2. The fourth-order valence-corrected chi connectivity index (χ4v) is 1.82. The van der Waals surface area contributed by atoms with Gasteiger partial charge in [-0.2, -0.15) is 5.10 Å². The fraction of sp³-hybridized carbons (Fsp3) is 0.636. The Labute approximate surface area is 90.5 Å². The molecule has 0 aromatic carbocycles. The Bertz CT molecular complexity index is 290. The lowest BCUT2D eigenvalue weighted by Gasteiger charge is -2.23. The van der Waals surface area contributed by atoms with Crippen LogP contribution in [0.15, 0.2) is 12.1 Å². The molecule has 4 heteroatoms. The summed E-state index contributed by atoms with van der Waals surface area (Å²) in [7, 11) is 0. The molecule has 15 heavy (non-hydrogen) atoms. The number of nitrogens with one attached hydrogen (secondary N) is 2. The molecule has 0 radical (unpaired) electrons. The summed E-state index contributed by atoms with van der Waals surface area (Å²) >= 11 is 0. The topological polar surface area (TPSA) is 49.8 Å². The minimum absolute atomic E-state index is 0.585. The van der Waals surface area contributed by atoms with E-state index in [0.717, 1.165) is 24.6 Å². The quantitative estimate of drug-likeness (QED) is 0.783. The van der Waals surface area contributed by atoms with Crippen molar-refractivity contribution in [2.24, 2.45) is 0 Å². The summed E-state index contributed by atoms with van der Waals surface area (Å²) in [6.45, 7) is 4.03. The molecule has 1 aliphatic rings. The maximum atomic E-state index is 4.07. The molecule has 0 saturated carbocycles. The highest BCUT2D eigenvalue weighted by Crippen LogP contribution is 2.08.